The van der Waals surface area contributed by atoms with Crippen molar-refractivity contribution in [3.63, 3.8) is 0 Å². The van der Waals surface area contributed by atoms with E-state index in [0.717, 1.165) is 6.07 Å². The van der Waals surface area contributed by atoms with E-state index >= 15 is 0 Å². The summed E-state index contributed by atoms with van der Waals surface area (Å²) in [5, 5.41) is 1.29. The molecule has 192 valence electrons. The van der Waals surface area contributed by atoms with Crippen molar-refractivity contribution < 1.29 is 35.9 Å². The van der Waals surface area contributed by atoms with Gasteiger partial charge in [0.15, 0.2) is 27.3 Å². The number of carbonyl (C=O) groups is 2. The van der Waals surface area contributed by atoms with E-state index < -0.39 is 56.6 Å². The maximum absolute atomic E-state index is 13.4. The van der Waals surface area contributed by atoms with Gasteiger partial charge in [0.25, 0.3) is 5.91 Å². The van der Waals surface area contributed by atoms with Crippen LogP contribution in [0.15, 0.2) is 35.2 Å². The van der Waals surface area contributed by atoms with Crippen LogP contribution in [0.4, 0.5) is 18.9 Å². The lowest BCUT2D eigenvalue weighted by molar-refractivity contribution is -0.151. The maximum atomic E-state index is 13.4. The summed E-state index contributed by atoms with van der Waals surface area (Å²) in [6.45, 7) is 1.49. The fourth-order valence-electron chi connectivity index (χ4n) is 3.61. The zero-order valence-corrected chi connectivity index (χ0v) is 20.8. The first-order valence-electron chi connectivity index (χ1n) is 10.4. The number of hydrogen-bond acceptors (Lipinski definition) is 6. The molecule has 0 saturated heterocycles. The molecule has 35 heavy (non-hydrogen) atoms. The average Bonchev–Trinajstić information content (AvgIpc) is 2.77. The minimum absolute atomic E-state index is 0. The Morgan fingerprint density at radius 2 is 1.66 bits per heavy atom. The molecule has 1 atom stereocenters. The van der Waals surface area contributed by atoms with E-state index in [9.17, 15) is 31.2 Å². The SMILES string of the molecule is C[C@H](N)C(=O)OC1CCC(S(=O)(=O)c2cc(C(=O)Nc3cc(F)c(F)c(F)c3)ccc2Cl)CC1.Cl. The number of sulfone groups is 1. The number of carbonyl (C=O) groups excluding carboxylic acids is 2. The lowest BCUT2D eigenvalue weighted by Crippen LogP contribution is -2.36. The van der Waals surface area contributed by atoms with Gasteiger partial charge in [0.05, 0.1) is 15.2 Å². The van der Waals surface area contributed by atoms with Gasteiger partial charge < -0.3 is 15.8 Å². The molecule has 3 N–H and O–H groups in total. The molecule has 2 aromatic rings. The third-order valence-corrected chi connectivity index (χ3v) is 8.20. The Balaban J connectivity index is 0.00000432. The lowest BCUT2D eigenvalue weighted by atomic mass is 9.97. The maximum Gasteiger partial charge on any atom is 0.322 e. The summed E-state index contributed by atoms with van der Waals surface area (Å²) in [6, 6.07) is 3.96. The van der Waals surface area contributed by atoms with E-state index in [1.54, 1.807) is 0 Å². The molecule has 0 heterocycles. The quantitative estimate of drug-likeness (QED) is 0.403. The number of benzene rings is 2. The van der Waals surface area contributed by atoms with E-state index in [4.69, 9.17) is 22.1 Å². The van der Waals surface area contributed by atoms with Crippen LogP contribution in [0.3, 0.4) is 0 Å². The summed E-state index contributed by atoms with van der Waals surface area (Å²) in [7, 11) is -3.96. The van der Waals surface area contributed by atoms with Crippen LogP contribution in [0.2, 0.25) is 5.02 Å². The Morgan fingerprint density at radius 3 is 2.20 bits per heavy atom. The van der Waals surface area contributed by atoms with Crippen molar-refractivity contribution in [2.75, 3.05) is 5.32 Å². The number of halogens is 5. The largest absolute Gasteiger partial charge is 0.461 e. The standard InChI is InChI=1S/C22H22ClF3N2O5S.ClH/c1-11(27)22(30)33-14-3-5-15(6-4-14)34(31,32)19-8-12(2-7-16(19)23)21(29)28-13-9-17(24)20(26)18(25)10-13;/h2,7-11,14-15H,3-6,27H2,1H3,(H,28,29);1H/t11-,14?,15?;/m0./s1. The Labute approximate surface area is 211 Å². The van der Waals surface area contributed by atoms with Gasteiger partial charge in [-0.3, -0.25) is 9.59 Å². The highest BCUT2D eigenvalue weighted by molar-refractivity contribution is 7.92. The molecule has 1 aliphatic carbocycles. The van der Waals surface area contributed by atoms with Gasteiger partial charge in [0.2, 0.25) is 0 Å². The van der Waals surface area contributed by atoms with Crippen molar-refractivity contribution in [2.45, 2.75) is 54.9 Å². The highest BCUT2D eigenvalue weighted by Gasteiger charge is 2.35. The van der Waals surface area contributed by atoms with Crippen LogP contribution in [0.5, 0.6) is 0 Å². The molecular formula is C22H23Cl2F3N2O5S. The number of rotatable bonds is 6. The number of amides is 1. The fourth-order valence-corrected chi connectivity index (χ4v) is 5.93. The molecule has 1 amide bonds. The third kappa shape index (κ3) is 6.66. The first-order valence-corrected chi connectivity index (χ1v) is 12.3. The molecular weight excluding hydrogens is 532 g/mol. The second-order valence-corrected chi connectivity index (χ2v) is 10.6. The summed E-state index contributed by atoms with van der Waals surface area (Å²) in [5.41, 5.74) is 5.00. The molecule has 1 aliphatic rings. The van der Waals surface area contributed by atoms with Gasteiger partial charge >= 0.3 is 5.97 Å². The van der Waals surface area contributed by atoms with Crippen molar-refractivity contribution in [3.05, 3.63) is 58.4 Å². The number of ether oxygens (including phenoxy) is 1. The van der Waals surface area contributed by atoms with Gasteiger partial charge in [-0.05, 0) is 50.8 Å². The Kier molecular flexibility index (Phi) is 9.57. The van der Waals surface area contributed by atoms with Crippen LogP contribution in [-0.2, 0) is 19.4 Å². The highest BCUT2D eigenvalue weighted by atomic mass is 35.5. The van der Waals surface area contributed by atoms with Crippen LogP contribution in [-0.4, -0.2) is 37.7 Å². The van der Waals surface area contributed by atoms with Gasteiger partial charge in [0, 0.05) is 23.4 Å². The van der Waals surface area contributed by atoms with Crippen molar-refractivity contribution in [3.8, 4) is 0 Å². The smallest absolute Gasteiger partial charge is 0.322 e. The number of anilines is 1. The van der Waals surface area contributed by atoms with Crippen LogP contribution < -0.4 is 11.1 Å². The number of nitrogens with two attached hydrogens (primary N) is 1. The summed E-state index contributed by atoms with van der Waals surface area (Å²) in [5.74, 6) is -6.09. The molecule has 0 aliphatic heterocycles. The molecule has 0 unspecified atom stereocenters. The molecule has 7 nitrogen and oxygen atoms in total. The Morgan fingerprint density at radius 1 is 1.09 bits per heavy atom. The van der Waals surface area contributed by atoms with E-state index in [-0.39, 0.29) is 46.4 Å². The fraction of sp³-hybridized carbons (Fsp3) is 0.364. The van der Waals surface area contributed by atoms with Crippen molar-refractivity contribution in [1.82, 2.24) is 0 Å². The Bertz CT molecular complexity index is 1200. The van der Waals surface area contributed by atoms with E-state index in [1.165, 1.54) is 19.1 Å². The van der Waals surface area contributed by atoms with Crippen LogP contribution >= 0.6 is 24.0 Å². The van der Waals surface area contributed by atoms with Crippen molar-refractivity contribution >= 4 is 51.4 Å². The number of hydrogen-bond donors (Lipinski definition) is 2. The molecule has 2 aromatic carbocycles. The van der Waals surface area contributed by atoms with Gasteiger partial charge in [-0.15, -0.1) is 12.4 Å². The summed E-state index contributed by atoms with van der Waals surface area (Å²) < 4.78 is 71.6. The van der Waals surface area contributed by atoms with Gasteiger partial charge in [-0.1, -0.05) is 11.6 Å². The van der Waals surface area contributed by atoms with Crippen LogP contribution in [0, 0.1) is 17.5 Å². The molecule has 0 bridgehead atoms. The number of esters is 1. The predicted octanol–water partition coefficient (Wildman–Crippen LogP) is 4.41. The lowest BCUT2D eigenvalue weighted by Gasteiger charge is -2.28. The third-order valence-electron chi connectivity index (χ3n) is 5.46. The molecule has 13 heteroatoms. The minimum Gasteiger partial charge on any atom is -0.461 e. The second kappa shape index (κ2) is 11.6. The van der Waals surface area contributed by atoms with Gasteiger partial charge in [-0.2, -0.15) is 0 Å². The van der Waals surface area contributed by atoms with Gasteiger partial charge in [-0.25, -0.2) is 21.6 Å². The normalized spacial score (nSPS) is 18.8. The first kappa shape index (κ1) is 28.9. The van der Waals surface area contributed by atoms with E-state index in [2.05, 4.69) is 5.32 Å². The first-order chi connectivity index (χ1) is 15.9. The number of nitrogens with one attached hydrogen (secondary N) is 1. The average molecular weight is 555 g/mol. The summed E-state index contributed by atoms with van der Waals surface area (Å²) in [4.78, 5) is 23.9. The zero-order valence-electron chi connectivity index (χ0n) is 18.4. The highest BCUT2D eigenvalue weighted by Crippen LogP contribution is 2.34. The monoisotopic (exact) mass is 554 g/mol. The predicted molar refractivity (Wildman–Crippen MR) is 126 cm³/mol. The van der Waals surface area contributed by atoms with E-state index in [1.807, 2.05) is 0 Å². The van der Waals surface area contributed by atoms with Crippen molar-refractivity contribution in [2.24, 2.45) is 5.73 Å². The Hall–Kier alpha value is -2.34. The molecule has 0 aromatic heterocycles. The second-order valence-electron chi connectivity index (χ2n) is 8.02. The summed E-state index contributed by atoms with van der Waals surface area (Å²) in [6.07, 6.45) is 0.623. The molecule has 1 saturated carbocycles. The molecule has 0 radical (unpaired) electrons. The topological polar surface area (TPSA) is 116 Å². The van der Waals surface area contributed by atoms with Gasteiger partial charge in [0.1, 0.15) is 12.1 Å². The van der Waals surface area contributed by atoms with Crippen molar-refractivity contribution in [1.29, 1.82) is 0 Å². The molecule has 0 spiro atoms. The molecule has 3 rings (SSSR count). The van der Waals surface area contributed by atoms with Crippen LogP contribution in [0.1, 0.15) is 43.0 Å². The summed E-state index contributed by atoms with van der Waals surface area (Å²) >= 11 is 6.12. The molecule has 1 fully saturated rings. The minimum atomic E-state index is -3.96. The zero-order chi connectivity index (χ0) is 25.2. The van der Waals surface area contributed by atoms with E-state index in [0.29, 0.717) is 25.0 Å². The van der Waals surface area contributed by atoms with Crippen LogP contribution in [0.25, 0.3) is 0 Å².